The topological polar surface area (TPSA) is 71.4 Å². The summed E-state index contributed by atoms with van der Waals surface area (Å²) in [4.78, 5) is 14.5. The molecule has 7 heteroatoms. The van der Waals surface area contributed by atoms with Gasteiger partial charge in [-0.25, -0.2) is 4.79 Å². The first-order chi connectivity index (χ1) is 12.2. The molecule has 0 radical (unpaired) electrons. The first-order valence-corrected chi connectivity index (χ1v) is 8.58. The minimum absolute atomic E-state index is 0.173. The Labute approximate surface area is 148 Å². The van der Waals surface area contributed by atoms with Gasteiger partial charge in [-0.1, -0.05) is 30.3 Å². The molecule has 1 unspecified atom stereocenters. The van der Waals surface area contributed by atoms with Crippen LogP contribution in [0.2, 0.25) is 0 Å². The first-order valence-electron chi connectivity index (χ1n) is 8.58. The van der Waals surface area contributed by atoms with E-state index in [4.69, 9.17) is 4.74 Å². The summed E-state index contributed by atoms with van der Waals surface area (Å²) < 4.78 is 6.76. The van der Waals surface area contributed by atoms with E-state index in [1.807, 2.05) is 6.07 Å². The largest absolute Gasteiger partial charge is 0.383 e. The van der Waals surface area contributed by atoms with Gasteiger partial charge in [-0.2, -0.15) is 5.10 Å². The molecule has 0 saturated carbocycles. The van der Waals surface area contributed by atoms with Crippen molar-refractivity contribution in [3.63, 3.8) is 0 Å². The van der Waals surface area contributed by atoms with Crippen molar-refractivity contribution in [1.29, 1.82) is 0 Å². The molecule has 1 atom stereocenters. The number of rotatable bonds is 7. The number of benzene rings is 1. The smallest absolute Gasteiger partial charge is 0.319 e. The van der Waals surface area contributed by atoms with Gasteiger partial charge in [0.2, 0.25) is 0 Å². The summed E-state index contributed by atoms with van der Waals surface area (Å²) in [5, 5.41) is 10.1. The lowest BCUT2D eigenvalue weighted by Gasteiger charge is -2.16. The molecule has 134 valence electrons. The van der Waals surface area contributed by atoms with Crippen molar-refractivity contribution in [3.05, 3.63) is 48.3 Å². The second-order valence-corrected chi connectivity index (χ2v) is 6.29. The number of hydrogen-bond donors (Lipinski definition) is 2. The highest BCUT2D eigenvalue weighted by Crippen LogP contribution is 2.14. The molecule has 1 fully saturated rings. The number of anilines is 1. The van der Waals surface area contributed by atoms with Crippen LogP contribution in [0.3, 0.4) is 0 Å². The monoisotopic (exact) mass is 343 g/mol. The minimum Gasteiger partial charge on any atom is -0.383 e. The number of likely N-dealkylation sites (tertiary alicyclic amines) is 1. The molecule has 2 heterocycles. The summed E-state index contributed by atoms with van der Waals surface area (Å²) in [7, 11) is 1.65. The maximum absolute atomic E-state index is 12.2. The van der Waals surface area contributed by atoms with Gasteiger partial charge in [-0.05, 0) is 12.0 Å². The van der Waals surface area contributed by atoms with Crippen molar-refractivity contribution < 1.29 is 9.53 Å². The van der Waals surface area contributed by atoms with Crippen molar-refractivity contribution in [3.8, 4) is 0 Å². The average Bonchev–Trinajstić information content (AvgIpc) is 3.23. The summed E-state index contributed by atoms with van der Waals surface area (Å²) in [5.74, 6) is 0. The van der Waals surface area contributed by atoms with E-state index in [-0.39, 0.29) is 12.1 Å². The van der Waals surface area contributed by atoms with E-state index in [1.54, 1.807) is 24.2 Å². The van der Waals surface area contributed by atoms with Gasteiger partial charge >= 0.3 is 6.03 Å². The molecular weight excluding hydrogens is 318 g/mol. The fourth-order valence-electron chi connectivity index (χ4n) is 3.02. The summed E-state index contributed by atoms with van der Waals surface area (Å²) in [6.07, 6.45) is 4.41. The predicted octanol–water partition coefficient (Wildman–Crippen LogP) is 1.93. The second-order valence-electron chi connectivity index (χ2n) is 6.29. The number of urea groups is 1. The Balaban J connectivity index is 1.42. The molecule has 1 aromatic heterocycles. The summed E-state index contributed by atoms with van der Waals surface area (Å²) in [5.41, 5.74) is 1.99. The van der Waals surface area contributed by atoms with E-state index in [1.165, 1.54) is 5.56 Å². The van der Waals surface area contributed by atoms with Gasteiger partial charge < -0.3 is 15.4 Å². The van der Waals surface area contributed by atoms with Crippen LogP contribution < -0.4 is 10.6 Å². The van der Waals surface area contributed by atoms with Gasteiger partial charge in [0, 0.05) is 39.0 Å². The van der Waals surface area contributed by atoms with E-state index >= 15 is 0 Å². The zero-order valence-corrected chi connectivity index (χ0v) is 14.5. The quantitative estimate of drug-likeness (QED) is 0.806. The van der Waals surface area contributed by atoms with E-state index in [2.05, 4.69) is 44.9 Å². The third-order valence-corrected chi connectivity index (χ3v) is 4.27. The van der Waals surface area contributed by atoms with Crippen LogP contribution >= 0.6 is 0 Å². The SMILES string of the molecule is COCCn1cc(NC(=O)NC2CCN(Cc3ccccc3)C2)cn1. The summed E-state index contributed by atoms with van der Waals surface area (Å²) in [6.45, 7) is 4.04. The number of carbonyl (C=O) groups excluding carboxylic acids is 1. The zero-order chi connectivity index (χ0) is 17.5. The fraction of sp³-hybridized carbons (Fsp3) is 0.444. The standard InChI is InChI=1S/C18H25N5O2/c1-25-10-9-23-14-17(11-19-23)21-18(24)20-16-7-8-22(13-16)12-15-5-3-2-4-6-15/h2-6,11,14,16H,7-10,12-13H2,1H3,(H2,20,21,24). The Hall–Kier alpha value is -2.38. The molecule has 2 N–H and O–H groups in total. The first kappa shape index (κ1) is 17.4. The van der Waals surface area contributed by atoms with Gasteiger partial charge in [0.1, 0.15) is 0 Å². The number of nitrogens with zero attached hydrogens (tertiary/aromatic N) is 3. The molecule has 0 aliphatic carbocycles. The molecule has 2 amide bonds. The highest BCUT2D eigenvalue weighted by molar-refractivity contribution is 5.89. The number of carbonyl (C=O) groups is 1. The Bertz CT molecular complexity index is 673. The van der Waals surface area contributed by atoms with E-state index in [9.17, 15) is 4.79 Å². The van der Waals surface area contributed by atoms with Crippen LogP contribution in [0.15, 0.2) is 42.7 Å². The van der Waals surface area contributed by atoms with Gasteiger partial charge in [0.25, 0.3) is 0 Å². The highest BCUT2D eigenvalue weighted by Gasteiger charge is 2.23. The molecule has 1 saturated heterocycles. The maximum atomic E-state index is 12.2. The fourth-order valence-corrected chi connectivity index (χ4v) is 3.02. The normalized spacial score (nSPS) is 17.6. The molecule has 3 rings (SSSR count). The number of nitrogens with one attached hydrogen (secondary N) is 2. The Morgan fingerprint density at radius 1 is 1.36 bits per heavy atom. The van der Waals surface area contributed by atoms with Crippen LogP contribution in [0.1, 0.15) is 12.0 Å². The zero-order valence-electron chi connectivity index (χ0n) is 14.5. The molecule has 0 spiro atoms. The molecule has 1 aliphatic rings. The second kappa shape index (κ2) is 8.64. The number of aromatic nitrogens is 2. The van der Waals surface area contributed by atoms with Gasteiger partial charge in [-0.3, -0.25) is 9.58 Å². The lowest BCUT2D eigenvalue weighted by atomic mass is 10.2. The summed E-state index contributed by atoms with van der Waals surface area (Å²) >= 11 is 0. The lowest BCUT2D eigenvalue weighted by Crippen LogP contribution is -2.39. The third-order valence-electron chi connectivity index (χ3n) is 4.27. The molecular formula is C18H25N5O2. The average molecular weight is 343 g/mol. The predicted molar refractivity (Wildman–Crippen MR) is 96.4 cm³/mol. The molecule has 25 heavy (non-hydrogen) atoms. The van der Waals surface area contributed by atoms with Crippen LogP contribution in [-0.2, 0) is 17.8 Å². The van der Waals surface area contributed by atoms with Crippen molar-refractivity contribution in [2.24, 2.45) is 0 Å². The van der Waals surface area contributed by atoms with Crippen molar-refractivity contribution in [2.45, 2.75) is 25.6 Å². The van der Waals surface area contributed by atoms with E-state index < -0.39 is 0 Å². The van der Waals surface area contributed by atoms with Gasteiger partial charge in [0.15, 0.2) is 0 Å². The Morgan fingerprint density at radius 3 is 3.00 bits per heavy atom. The van der Waals surface area contributed by atoms with E-state index in [0.29, 0.717) is 18.8 Å². The van der Waals surface area contributed by atoms with Gasteiger partial charge in [-0.15, -0.1) is 0 Å². The van der Waals surface area contributed by atoms with Crippen LogP contribution in [0.4, 0.5) is 10.5 Å². The molecule has 1 aliphatic heterocycles. The van der Waals surface area contributed by atoms with Crippen LogP contribution in [-0.4, -0.2) is 53.6 Å². The number of methoxy groups -OCH3 is 1. The number of hydrogen-bond acceptors (Lipinski definition) is 4. The molecule has 0 bridgehead atoms. The molecule has 1 aromatic carbocycles. The number of amides is 2. The van der Waals surface area contributed by atoms with Crippen molar-refractivity contribution >= 4 is 11.7 Å². The van der Waals surface area contributed by atoms with Crippen LogP contribution in [0.5, 0.6) is 0 Å². The van der Waals surface area contributed by atoms with Crippen LogP contribution in [0.25, 0.3) is 0 Å². The van der Waals surface area contributed by atoms with E-state index in [0.717, 1.165) is 26.1 Å². The molecule has 2 aromatic rings. The van der Waals surface area contributed by atoms with Crippen molar-refractivity contribution in [1.82, 2.24) is 20.0 Å². The number of ether oxygens (including phenoxy) is 1. The Kier molecular flexibility index (Phi) is 6.03. The third kappa shape index (κ3) is 5.30. The maximum Gasteiger partial charge on any atom is 0.319 e. The Morgan fingerprint density at radius 2 is 2.20 bits per heavy atom. The highest BCUT2D eigenvalue weighted by atomic mass is 16.5. The molecule has 7 nitrogen and oxygen atoms in total. The lowest BCUT2D eigenvalue weighted by molar-refractivity contribution is 0.183. The minimum atomic E-state index is -0.183. The van der Waals surface area contributed by atoms with Gasteiger partial charge in [0.05, 0.1) is 25.0 Å². The summed E-state index contributed by atoms with van der Waals surface area (Å²) in [6, 6.07) is 10.4. The van der Waals surface area contributed by atoms with Crippen LogP contribution in [0, 0.1) is 0 Å². The van der Waals surface area contributed by atoms with Crippen molar-refractivity contribution in [2.75, 3.05) is 32.1 Å².